The first-order valence-electron chi connectivity index (χ1n) is 8.60. The van der Waals surface area contributed by atoms with E-state index in [9.17, 15) is 27.5 Å². The highest BCUT2D eigenvalue weighted by atomic mass is 32.1. The molecule has 0 unspecified atom stereocenters. The number of hydrogen-bond donors (Lipinski definition) is 1. The Morgan fingerprint density at radius 3 is 2.69 bits per heavy atom. The zero-order valence-corrected chi connectivity index (χ0v) is 15.5. The van der Waals surface area contributed by atoms with Crippen LogP contribution in [0.25, 0.3) is 27.4 Å². The molecule has 150 valence electrons. The fourth-order valence-corrected chi connectivity index (χ4v) is 4.07. The summed E-state index contributed by atoms with van der Waals surface area (Å²) in [6.45, 7) is 0. The second-order valence-corrected chi connectivity index (χ2v) is 7.49. The standard InChI is InChI=1S/C20H13F4NO3S/c21-10-3-15(29-8-10)17-9(1-2-12-4-11(26)5-16(27)28-12)7-25-20-13(17)6-14(22)18(23)19(20)24/h1-3,6-8,11-12,26H,4-5H2/t11-,12-/m1/s1. The number of fused-ring (bicyclic) bond motifs is 1. The number of nitrogens with zero attached hydrogens (tertiary/aromatic N) is 1. The Labute approximate surface area is 166 Å². The summed E-state index contributed by atoms with van der Waals surface area (Å²) in [7, 11) is 0. The quantitative estimate of drug-likeness (QED) is 0.380. The van der Waals surface area contributed by atoms with Crippen molar-refractivity contribution in [2.45, 2.75) is 25.0 Å². The van der Waals surface area contributed by atoms with Gasteiger partial charge >= 0.3 is 5.97 Å². The number of carbonyl (C=O) groups excluding carboxylic acids is 1. The monoisotopic (exact) mass is 423 g/mol. The summed E-state index contributed by atoms with van der Waals surface area (Å²) < 4.78 is 60.5. The normalized spacial score (nSPS) is 19.8. The predicted octanol–water partition coefficient (Wildman–Crippen LogP) is 4.60. The van der Waals surface area contributed by atoms with E-state index in [2.05, 4.69) is 4.98 Å². The van der Waals surface area contributed by atoms with Gasteiger partial charge in [0.15, 0.2) is 17.5 Å². The minimum atomic E-state index is -1.64. The Bertz CT molecular complexity index is 1140. The fraction of sp³-hybridized carbons (Fsp3) is 0.200. The third-order valence-corrected chi connectivity index (χ3v) is 5.44. The molecule has 0 radical (unpaired) electrons. The van der Waals surface area contributed by atoms with Crippen LogP contribution in [-0.4, -0.2) is 28.3 Å². The largest absolute Gasteiger partial charge is 0.458 e. The minimum absolute atomic E-state index is 0.0222. The maximum atomic E-state index is 14.2. The van der Waals surface area contributed by atoms with Crippen molar-refractivity contribution in [3.63, 3.8) is 0 Å². The lowest BCUT2D eigenvalue weighted by Gasteiger charge is -2.23. The number of hydrogen-bond acceptors (Lipinski definition) is 5. The van der Waals surface area contributed by atoms with Crippen LogP contribution in [0.4, 0.5) is 17.6 Å². The average Bonchev–Trinajstić information content (AvgIpc) is 3.09. The Morgan fingerprint density at radius 1 is 1.21 bits per heavy atom. The van der Waals surface area contributed by atoms with Crippen LogP contribution in [0, 0.1) is 23.3 Å². The van der Waals surface area contributed by atoms with E-state index in [4.69, 9.17) is 4.74 Å². The lowest BCUT2D eigenvalue weighted by Crippen LogP contribution is -2.31. The van der Waals surface area contributed by atoms with E-state index in [0.29, 0.717) is 10.4 Å². The van der Waals surface area contributed by atoms with Gasteiger partial charge in [0.1, 0.15) is 17.4 Å². The van der Waals surface area contributed by atoms with Gasteiger partial charge in [-0.25, -0.2) is 17.6 Å². The molecule has 1 aliphatic heterocycles. The number of ether oxygens (including phenoxy) is 1. The van der Waals surface area contributed by atoms with Crippen LogP contribution in [-0.2, 0) is 9.53 Å². The molecule has 2 aromatic heterocycles. The van der Waals surface area contributed by atoms with E-state index < -0.39 is 41.4 Å². The first-order valence-corrected chi connectivity index (χ1v) is 9.48. The second kappa shape index (κ2) is 7.57. The molecule has 0 amide bonds. The minimum Gasteiger partial charge on any atom is -0.458 e. The van der Waals surface area contributed by atoms with Gasteiger partial charge in [0.05, 0.1) is 12.5 Å². The molecule has 1 aromatic carbocycles. The maximum Gasteiger partial charge on any atom is 0.309 e. The van der Waals surface area contributed by atoms with Gasteiger partial charge in [-0.15, -0.1) is 11.3 Å². The number of aliphatic hydroxyl groups is 1. The first-order chi connectivity index (χ1) is 13.8. The number of thiophene rings is 1. The zero-order valence-electron chi connectivity index (χ0n) is 14.7. The van der Waals surface area contributed by atoms with Crippen LogP contribution in [0.1, 0.15) is 18.4 Å². The summed E-state index contributed by atoms with van der Waals surface area (Å²) in [5.74, 6) is -5.54. The van der Waals surface area contributed by atoms with Gasteiger partial charge < -0.3 is 9.84 Å². The van der Waals surface area contributed by atoms with Crippen LogP contribution in [0.3, 0.4) is 0 Å². The van der Waals surface area contributed by atoms with Gasteiger partial charge in [-0.2, -0.15) is 0 Å². The Kier molecular flexibility index (Phi) is 5.10. The number of carbonyl (C=O) groups is 1. The molecule has 0 aliphatic carbocycles. The van der Waals surface area contributed by atoms with Crippen LogP contribution >= 0.6 is 11.3 Å². The number of rotatable bonds is 3. The van der Waals surface area contributed by atoms with Crippen LogP contribution in [0.15, 0.2) is 29.8 Å². The van der Waals surface area contributed by atoms with E-state index in [0.717, 1.165) is 17.4 Å². The topological polar surface area (TPSA) is 59.4 Å². The van der Waals surface area contributed by atoms with Gasteiger partial charge in [-0.3, -0.25) is 9.78 Å². The average molecular weight is 423 g/mol. The van der Waals surface area contributed by atoms with Crippen molar-refractivity contribution in [1.82, 2.24) is 4.98 Å². The van der Waals surface area contributed by atoms with Crippen LogP contribution in [0.5, 0.6) is 0 Å². The molecule has 2 atom stereocenters. The summed E-state index contributed by atoms with van der Waals surface area (Å²) in [4.78, 5) is 15.7. The van der Waals surface area contributed by atoms with Crippen LogP contribution < -0.4 is 0 Å². The van der Waals surface area contributed by atoms with Gasteiger partial charge in [-0.1, -0.05) is 6.08 Å². The van der Waals surface area contributed by atoms with E-state index in [-0.39, 0.29) is 29.3 Å². The highest BCUT2D eigenvalue weighted by molar-refractivity contribution is 7.13. The van der Waals surface area contributed by atoms with Gasteiger partial charge in [0, 0.05) is 39.4 Å². The summed E-state index contributed by atoms with van der Waals surface area (Å²) in [6.07, 6.45) is 2.83. The number of cyclic esters (lactones) is 1. The van der Waals surface area contributed by atoms with Crippen molar-refractivity contribution < 1.29 is 32.2 Å². The number of esters is 1. The Hall–Kier alpha value is -2.78. The van der Waals surface area contributed by atoms with E-state index >= 15 is 0 Å². The molecule has 4 nitrogen and oxygen atoms in total. The second-order valence-electron chi connectivity index (χ2n) is 6.58. The molecule has 0 bridgehead atoms. The van der Waals surface area contributed by atoms with Crippen molar-refractivity contribution in [3.05, 3.63) is 58.6 Å². The number of aromatic nitrogens is 1. The van der Waals surface area contributed by atoms with Crippen molar-refractivity contribution in [2.75, 3.05) is 0 Å². The summed E-state index contributed by atoms with van der Waals surface area (Å²) >= 11 is 1.01. The van der Waals surface area contributed by atoms with Gasteiger partial charge in [0.2, 0.25) is 0 Å². The summed E-state index contributed by atoms with van der Waals surface area (Å²) in [6, 6.07) is 2.01. The molecule has 1 fully saturated rings. The molecule has 1 N–H and O–H groups in total. The molecular weight excluding hydrogens is 410 g/mol. The van der Waals surface area contributed by atoms with Crippen molar-refractivity contribution >= 4 is 34.3 Å². The molecular formula is C20H13F4NO3S. The van der Waals surface area contributed by atoms with Gasteiger partial charge in [-0.05, 0) is 18.2 Å². The predicted molar refractivity (Wildman–Crippen MR) is 99.0 cm³/mol. The number of pyridine rings is 1. The van der Waals surface area contributed by atoms with Crippen molar-refractivity contribution in [3.8, 4) is 10.4 Å². The van der Waals surface area contributed by atoms with E-state index in [1.165, 1.54) is 29.8 Å². The SMILES string of the molecule is O=C1C[C@H](O)C[C@@H](C=Cc2cnc3c(F)c(F)c(F)cc3c2-c2cc(F)cs2)O1. The molecule has 0 spiro atoms. The fourth-order valence-electron chi connectivity index (χ4n) is 3.24. The third kappa shape index (κ3) is 3.75. The van der Waals surface area contributed by atoms with Gasteiger partial charge in [0.25, 0.3) is 0 Å². The Balaban J connectivity index is 1.86. The third-order valence-electron chi connectivity index (χ3n) is 4.52. The highest BCUT2D eigenvalue weighted by Crippen LogP contribution is 2.37. The molecule has 3 aromatic rings. The van der Waals surface area contributed by atoms with Crippen molar-refractivity contribution in [1.29, 1.82) is 0 Å². The summed E-state index contributed by atoms with van der Waals surface area (Å²) in [5.41, 5.74) is 0.242. The molecule has 29 heavy (non-hydrogen) atoms. The molecule has 3 heterocycles. The molecule has 0 saturated carbocycles. The molecule has 9 heteroatoms. The lowest BCUT2D eigenvalue weighted by molar-refractivity contribution is -0.156. The van der Waals surface area contributed by atoms with Crippen molar-refractivity contribution in [2.24, 2.45) is 0 Å². The Morgan fingerprint density at radius 2 is 2.00 bits per heavy atom. The zero-order chi connectivity index (χ0) is 20.7. The smallest absolute Gasteiger partial charge is 0.309 e. The number of aliphatic hydroxyl groups excluding tert-OH is 1. The van der Waals surface area contributed by atoms with E-state index in [1.54, 1.807) is 0 Å². The molecule has 4 rings (SSSR count). The molecule has 1 aliphatic rings. The van der Waals surface area contributed by atoms with E-state index in [1.807, 2.05) is 0 Å². The maximum absolute atomic E-state index is 14.2. The number of halogens is 4. The summed E-state index contributed by atoms with van der Waals surface area (Å²) in [5, 5.41) is 10.9. The van der Waals surface area contributed by atoms with Crippen LogP contribution in [0.2, 0.25) is 0 Å². The number of benzene rings is 1. The highest BCUT2D eigenvalue weighted by Gasteiger charge is 2.26. The lowest BCUT2D eigenvalue weighted by atomic mass is 9.99. The molecule has 1 saturated heterocycles. The first kappa shape index (κ1) is 19.5.